The number of urea groups is 1. The zero-order chi connectivity index (χ0) is 10.3. The van der Waals surface area contributed by atoms with Gasteiger partial charge in [0.05, 0.1) is 4.99 Å². The minimum absolute atomic E-state index is 0.0544. The first-order chi connectivity index (χ1) is 6.11. The molecule has 0 aromatic rings. The molecule has 76 valence electrons. The molecule has 3 N–H and O–H groups in total. The predicted molar refractivity (Wildman–Crippen MR) is 57.7 cm³/mol. The summed E-state index contributed by atoms with van der Waals surface area (Å²) < 4.78 is 0. The van der Waals surface area contributed by atoms with Crippen molar-refractivity contribution in [1.29, 1.82) is 0 Å². The van der Waals surface area contributed by atoms with Crippen LogP contribution in [0.1, 0.15) is 20.3 Å². The van der Waals surface area contributed by atoms with Crippen LogP contribution in [0.3, 0.4) is 0 Å². The number of nitrogens with two attached hydrogens (primary N) is 1. The number of rotatable bonds is 5. The summed E-state index contributed by atoms with van der Waals surface area (Å²) in [6.07, 6.45) is 0.558. The van der Waals surface area contributed by atoms with Crippen LogP contribution in [-0.4, -0.2) is 35.6 Å². The number of thiocarbonyl (C=S) groups is 1. The zero-order valence-corrected chi connectivity index (χ0v) is 8.99. The van der Waals surface area contributed by atoms with E-state index >= 15 is 0 Å². The average Bonchev–Trinajstić information content (AvgIpc) is 2.05. The minimum Gasteiger partial charge on any atom is -0.393 e. The molecule has 0 saturated carbocycles. The van der Waals surface area contributed by atoms with Crippen LogP contribution in [0.4, 0.5) is 4.79 Å². The molecule has 5 heteroatoms. The van der Waals surface area contributed by atoms with Gasteiger partial charge in [0, 0.05) is 26.1 Å². The first-order valence-corrected chi connectivity index (χ1v) is 4.83. The van der Waals surface area contributed by atoms with Crippen LogP contribution < -0.4 is 11.1 Å². The highest BCUT2D eigenvalue weighted by molar-refractivity contribution is 7.80. The van der Waals surface area contributed by atoms with Crippen molar-refractivity contribution in [2.24, 2.45) is 5.73 Å². The van der Waals surface area contributed by atoms with Crippen LogP contribution in [0.25, 0.3) is 0 Å². The largest absolute Gasteiger partial charge is 0.393 e. The van der Waals surface area contributed by atoms with E-state index < -0.39 is 0 Å². The van der Waals surface area contributed by atoms with Crippen LogP contribution in [0.5, 0.6) is 0 Å². The first-order valence-electron chi connectivity index (χ1n) is 4.42. The third-order valence-electron chi connectivity index (χ3n) is 1.70. The third-order valence-corrected chi connectivity index (χ3v) is 1.90. The van der Waals surface area contributed by atoms with Gasteiger partial charge in [0.25, 0.3) is 0 Å². The minimum atomic E-state index is -0.0544. The molecule has 0 aromatic heterocycles. The van der Waals surface area contributed by atoms with Crippen molar-refractivity contribution in [2.75, 3.05) is 19.6 Å². The maximum Gasteiger partial charge on any atom is 0.317 e. The van der Waals surface area contributed by atoms with Crippen molar-refractivity contribution in [3.8, 4) is 0 Å². The lowest BCUT2D eigenvalue weighted by molar-refractivity contribution is 0.203. The van der Waals surface area contributed by atoms with Gasteiger partial charge in [0.2, 0.25) is 0 Å². The fourth-order valence-corrected chi connectivity index (χ4v) is 1.02. The van der Waals surface area contributed by atoms with E-state index in [0.29, 0.717) is 18.0 Å². The lowest BCUT2D eigenvalue weighted by Crippen LogP contribution is -2.40. The van der Waals surface area contributed by atoms with Gasteiger partial charge in [0.15, 0.2) is 0 Å². The monoisotopic (exact) mass is 203 g/mol. The number of hydrogen-bond acceptors (Lipinski definition) is 2. The smallest absolute Gasteiger partial charge is 0.317 e. The Hall–Kier alpha value is -0.840. The van der Waals surface area contributed by atoms with Crippen LogP contribution >= 0.6 is 12.2 Å². The van der Waals surface area contributed by atoms with Gasteiger partial charge in [-0.15, -0.1) is 0 Å². The Bertz CT molecular complexity index is 180. The molecule has 13 heavy (non-hydrogen) atoms. The van der Waals surface area contributed by atoms with E-state index in [2.05, 4.69) is 17.5 Å². The second-order valence-corrected chi connectivity index (χ2v) is 3.14. The summed E-state index contributed by atoms with van der Waals surface area (Å²) in [6.45, 7) is 5.84. The van der Waals surface area contributed by atoms with Gasteiger partial charge < -0.3 is 16.0 Å². The highest BCUT2D eigenvalue weighted by atomic mass is 32.1. The second kappa shape index (κ2) is 6.65. The standard InChI is InChI=1S/C8H17N3OS/c1-3-11(4-2)8(12)10-6-5-7(9)13/h3-6H2,1-2H3,(H2,9,13)(H,10,12). The zero-order valence-electron chi connectivity index (χ0n) is 8.17. The normalized spacial score (nSPS) is 9.38. The Kier molecular flexibility index (Phi) is 6.22. The summed E-state index contributed by atoms with van der Waals surface area (Å²) in [5.41, 5.74) is 5.29. The SMILES string of the molecule is CCN(CC)C(=O)NCCC(N)=S. The molecule has 0 atom stereocenters. The van der Waals surface area contributed by atoms with Gasteiger partial charge in [-0.2, -0.15) is 0 Å². The number of carbonyl (C=O) groups excluding carboxylic acids is 1. The van der Waals surface area contributed by atoms with Crippen molar-refractivity contribution < 1.29 is 4.79 Å². The van der Waals surface area contributed by atoms with E-state index in [1.807, 2.05) is 13.8 Å². The van der Waals surface area contributed by atoms with Crippen LogP contribution in [0.15, 0.2) is 0 Å². The second-order valence-electron chi connectivity index (χ2n) is 2.62. The lowest BCUT2D eigenvalue weighted by atomic mass is 10.4. The van der Waals surface area contributed by atoms with Gasteiger partial charge in [-0.3, -0.25) is 0 Å². The molecule has 0 radical (unpaired) electrons. The van der Waals surface area contributed by atoms with Gasteiger partial charge in [-0.05, 0) is 13.8 Å². The molecule has 0 spiro atoms. The van der Waals surface area contributed by atoms with Crippen LogP contribution in [-0.2, 0) is 0 Å². The summed E-state index contributed by atoms with van der Waals surface area (Å²) in [7, 11) is 0. The highest BCUT2D eigenvalue weighted by Gasteiger charge is 2.07. The molecule has 0 unspecified atom stereocenters. The van der Waals surface area contributed by atoms with E-state index in [9.17, 15) is 4.79 Å². The molecule has 0 rings (SSSR count). The average molecular weight is 203 g/mol. The molecular formula is C8H17N3OS. The van der Waals surface area contributed by atoms with Gasteiger partial charge in [-0.25, -0.2) is 4.79 Å². The molecule has 4 nitrogen and oxygen atoms in total. The molecule has 0 saturated heterocycles. The molecule has 0 bridgehead atoms. The van der Waals surface area contributed by atoms with Crippen molar-refractivity contribution >= 4 is 23.2 Å². The summed E-state index contributed by atoms with van der Waals surface area (Å²) in [5, 5.41) is 2.74. The quantitative estimate of drug-likeness (QED) is 0.647. The fourth-order valence-electron chi connectivity index (χ4n) is 0.915. The van der Waals surface area contributed by atoms with E-state index in [0.717, 1.165) is 13.1 Å². The maximum atomic E-state index is 11.3. The molecule has 0 aliphatic carbocycles. The lowest BCUT2D eigenvalue weighted by Gasteiger charge is -2.18. The summed E-state index contributed by atoms with van der Waals surface area (Å²) in [4.78, 5) is 13.5. The number of hydrogen-bond donors (Lipinski definition) is 2. The van der Waals surface area contributed by atoms with Crippen molar-refractivity contribution in [1.82, 2.24) is 10.2 Å². The number of carbonyl (C=O) groups is 1. The molecule has 2 amide bonds. The Morgan fingerprint density at radius 1 is 1.46 bits per heavy atom. The maximum absolute atomic E-state index is 11.3. The van der Waals surface area contributed by atoms with E-state index in [-0.39, 0.29) is 6.03 Å². The Balaban J connectivity index is 3.66. The van der Waals surface area contributed by atoms with Gasteiger partial charge >= 0.3 is 6.03 Å². The molecule has 0 heterocycles. The van der Waals surface area contributed by atoms with E-state index in [4.69, 9.17) is 5.73 Å². The molecular weight excluding hydrogens is 186 g/mol. The Labute approximate surface area is 84.5 Å². The molecule has 0 fully saturated rings. The highest BCUT2D eigenvalue weighted by Crippen LogP contribution is 1.88. The fraction of sp³-hybridized carbons (Fsp3) is 0.750. The van der Waals surface area contributed by atoms with Crippen LogP contribution in [0, 0.1) is 0 Å². The van der Waals surface area contributed by atoms with Gasteiger partial charge in [-0.1, -0.05) is 12.2 Å². The van der Waals surface area contributed by atoms with Gasteiger partial charge in [0.1, 0.15) is 0 Å². The number of nitrogens with one attached hydrogen (secondary N) is 1. The van der Waals surface area contributed by atoms with Crippen molar-refractivity contribution in [3.63, 3.8) is 0 Å². The van der Waals surface area contributed by atoms with E-state index in [1.165, 1.54) is 0 Å². The first kappa shape index (κ1) is 12.2. The molecule has 0 aromatic carbocycles. The Morgan fingerprint density at radius 2 is 2.00 bits per heavy atom. The topological polar surface area (TPSA) is 58.4 Å². The summed E-state index contributed by atoms with van der Waals surface area (Å²) in [6, 6.07) is -0.0544. The summed E-state index contributed by atoms with van der Waals surface area (Å²) >= 11 is 4.68. The van der Waals surface area contributed by atoms with Crippen LogP contribution in [0.2, 0.25) is 0 Å². The predicted octanol–water partition coefficient (Wildman–Crippen LogP) is 0.714. The van der Waals surface area contributed by atoms with Crippen molar-refractivity contribution in [2.45, 2.75) is 20.3 Å². The third kappa shape index (κ3) is 5.41. The number of nitrogens with zero attached hydrogens (tertiary/aromatic N) is 1. The van der Waals surface area contributed by atoms with Crippen molar-refractivity contribution in [3.05, 3.63) is 0 Å². The Morgan fingerprint density at radius 3 is 2.38 bits per heavy atom. The molecule has 0 aliphatic rings. The van der Waals surface area contributed by atoms with E-state index in [1.54, 1.807) is 4.90 Å². The number of amides is 2. The molecule has 0 aliphatic heterocycles. The summed E-state index contributed by atoms with van der Waals surface area (Å²) in [5.74, 6) is 0.